The Balaban J connectivity index is 1.73. The summed E-state index contributed by atoms with van der Waals surface area (Å²) in [7, 11) is 3.24. The molecule has 0 amide bonds. The van der Waals surface area contributed by atoms with E-state index in [1.807, 2.05) is 42.5 Å². The highest BCUT2D eigenvalue weighted by Gasteiger charge is 2.07. The summed E-state index contributed by atoms with van der Waals surface area (Å²) in [6.07, 6.45) is 3.26. The van der Waals surface area contributed by atoms with Crippen molar-refractivity contribution in [2.45, 2.75) is 6.54 Å². The van der Waals surface area contributed by atoms with Crippen LogP contribution in [-0.2, 0) is 6.54 Å². The SMILES string of the molecule is COc1ccc(OC)c(Nc2cc(NCc3ccccn3)ncn2)c1. The number of nitrogens with one attached hydrogen (secondary N) is 2. The monoisotopic (exact) mass is 337 g/mol. The number of nitrogens with zero attached hydrogens (tertiary/aromatic N) is 3. The molecule has 7 nitrogen and oxygen atoms in total. The molecule has 0 saturated carbocycles. The van der Waals surface area contributed by atoms with Crippen LogP contribution in [0, 0.1) is 0 Å². The van der Waals surface area contributed by atoms with E-state index in [1.54, 1.807) is 20.4 Å². The van der Waals surface area contributed by atoms with Gasteiger partial charge in [0.25, 0.3) is 0 Å². The molecule has 0 aliphatic rings. The van der Waals surface area contributed by atoms with Gasteiger partial charge in [0.2, 0.25) is 0 Å². The minimum absolute atomic E-state index is 0.583. The lowest BCUT2D eigenvalue weighted by Crippen LogP contribution is -2.04. The zero-order valence-electron chi connectivity index (χ0n) is 14.1. The highest BCUT2D eigenvalue weighted by molar-refractivity contribution is 5.67. The van der Waals surface area contributed by atoms with E-state index in [0.29, 0.717) is 23.9 Å². The molecule has 0 aliphatic carbocycles. The minimum Gasteiger partial charge on any atom is -0.497 e. The second kappa shape index (κ2) is 7.96. The first kappa shape index (κ1) is 16.5. The van der Waals surface area contributed by atoms with E-state index >= 15 is 0 Å². The van der Waals surface area contributed by atoms with Crippen LogP contribution in [0.2, 0.25) is 0 Å². The Bertz CT molecular complexity index is 827. The van der Waals surface area contributed by atoms with Gasteiger partial charge in [-0.15, -0.1) is 0 Å². The van der Waals surface area contributed by atoms with Crippen LogP contribution in [0.15, 0.2) is 55.0 Å². The van der Waals surface area contributed by atoms with Gasteiger partial charge in [0, 0.05) is 18.3 Å². The van der Waals surface area contributed by atoms with E-state index in [4.69, 9.17) is 9.47 Å². The van der Waals surface area contributed by atoms with E-state index in [-0.39, 0.29) is 0 Å². The number of rotatable bonds is 7. The molecule has 3 rings (SSSR count). The van der Waals surface area contributed by atoms with Gasteiger partial charge in [0.05, 0.1) is 32.1 Å². The number of methoxy groups -OCH3 is 2. The standard InChI is InChI=1S/C18H19N5O2/c1-24-14-6-7-16(25-2)15(9-14)23-18-10-17(21-12-22-18)20-11-13-5-3-4-8-19-13/h3-10,12H,11H2,1-2H3,(H2,20,21,22,23). The number of hydrogen-bond acceptors (Lipinski definition) is 7. The lowest BCUT2D eigenvalue weighted by molar-refractivity contribution is 0.405. The first-order chi connectivity index (χ1) is 12.3. The van der Waals surface area contributed by atoms with E-state index < -0.39 is 0 Å². The summed E-state index contributed by atoms with van der Waals surface area (Å²) in [5.41, 5.74) is 1.70. The zero-order chi connectivity index (χ0) is 17.5. The lowest BCUT2D eigenvalue weighted by Gasteiger charge is -2.13. The summed E-state index contributed by atoms with van der Waals surface area (Å²) in [4.78, 5) is 12.7. The van der Waals surface area contributed by atoms with Gasteiger partial charge in [0.15, 0.2) is 0 Å². The van der Waals surface area contributed by atoms with Crippen molar-refractivity contribution < 1.29 is 9.47 Å². The highest BCUT2D eigenvalue weighted by Crippen LogP contribution is 2.31. The van der Waals surface area contributed by atoms with Crippen LogP contribution in [0.1, 0.15) is 5.69 Å². The predicted octanol–water partition coefficient (Wildman–Crippen LogP) is 3.24. The number of pyridine rings is 1. The second-order valence-corrected chi connectivity index (χ2v) is 5.15. The van der Waals surface area contributed by atoms with Crippen molar-refractivity contribution in [1.82, 2.24) is 15.0 Å². The third-order valence-electron chi connectivity index (χ3n) is 3.51. The number of benzene rings is 1. The van der Waals surface area contributed by atoms with Gasteiger partial charge in [-0.1, -0.05) is 6.07 Å². The van der Waals surface area contributed by atoms with Crippen LogP contribution in [0.5, 0.6) is 11.5 Å². The Labute approximate surface area is 146 Å². The number of hydrogen-bond donors (Lipinski definition) is 2. The molecule has 2 heterocycles. The van der Waals surface area contributed by atoms with Crippen molar-refractivity contribution >= 4 is 17.3 Å². The summed E-state index contributed by atoms with van der Waals surface area (Å²) in [6, 6.07) is 13.1. The molecule has 0 fully saturated rings. The van der Waals surface area contributed by atoms with Crippen molar-refractivity contribution in [3.8, 4) is 11.5 Å². The third kappa shape index (κ3) is 4.35. The van der Waals surface area contributed by atoms with Gasteiger partial charge < -0.3 is 20.1 Å². The molecule has 0 bridgehead atoms. The van der Waals surface area contributed by atoms with Gasteiger partial charge in [-0.3, -0.25) is 4.98 Å². The molecule has 0 unspecified atom stereocenters. The molecule has 3 aromatic rings. The summed E-state index contributed by atoms with van der Waals surface area (Å²) in [5.74, 6) is 2.77. The molecule has 0 spiro atoms. The van der Waals surface area contributed by atoms with Crippen molar-refractivity contribution in [3.05, 3.63) is 60.7 Å². The second-order valence-electron chi connectivity index (χ2n) is 5.15. The Hall–Kier alpha value is -3.35. The average molecular weight is 337 g/mol. The lowest BCUT2D eigenvalue weighted by atomic mass is 10.2. The van der Waals surface area contributed by atoms with E-state index in [2.05, 4.69) is 25.6 Å². The zero-order valence-corrected chi connectivity index (χ0v) is 14.1. The molecule has 2 N–H and O–H groups in total. The van der Waals surface area contributed by atoms with Crippen LogP contribution in [0.4, 0.5) is 17.3 Å². The minimum atomic E-state index is 0.583. The Morgan fingerprint density at radius 3 is 2.56 bits per heavy atom. The van der Waals surface area contributed by atoms with Gasteiger partial charge in [-0.05, 0) is 24.3 Å². The third-order valence-corrected chi connectivity index (χ3v) is 3.51. The molecule has 128 valence electrons. The van der Waals surface area contributed by atoms with Crippen LogP contribution in [0.3, 0.4) is 0 Å². The number of ether oxygens (including phenoxy) is 2. The van der Waals surface area contributed by atoms with E-state index in [9.17, 15) is 0 Å². The summed E-state index contributed by atoms with van der Waals surface area (Å²) >= 11 is 0. The first-order valence-corrected chi connectivity index (χ1v) is 7.73. The van der Waals surface area contributed by atoms with Crippen LogP contribution in [-0.4, -0.2) is 29.2 Å². The highest BCUT2D eigenvalue weighted by atomic mass is 16.5. The van der Waals surface area contributed by atoms with Gasteiger partial charge in [0.1, 0.15) is 29.5 Å². The largest absolute Gasteiger partial charge is 0.497 e. The number of aromatic nitrogens is 3. The number of anilines is 3. The maximum atomic E-state index is 5.37. The van der Waals surface area contributed by atoms with Crippen LogP contribution >= 0.6 is 0 Å². The molecule has 0 aliphatic heterocycles. The summed E-state index contributed by atoms with van der Waals surface area (Å²) in [5, 5.41) is 6.45. The van der Waals surface area contributed by atoms with Crippen LogP contribution in [0.25, 0.3) is 0 Å². The maximum absolute atomic E-state index is 5.37. The normalized spacial score (nSPS) is 10.2. The maximum Gasteiger partial charge on any atom is 0.142 e. The molecule has 25 heavy (non-hydrogen) atoms. The first-order valence-electron chi connectivity index (χ1n) is 7.73. The van der Waals surface area contributed by atoms with Crippen molar-refractivity contribution in [2.24, 2.45) is 0 Å². The molecule has 1 aromatic carbocycles. The fraction of sp³-hybridized carbons (Fsp3) is 0.167. The molecular weight excluding hydrogens is 318 g/mol. The molecule has 7 heteroatoms. The summed E-state index contributed by atoms with van der Waals surface area (Å²) < 4.78 is 10.6. The van der Waals surface area contributed by atoms with Crippen molar-refractivity contribution in [2.75, 3.05) is 24.9 Å². The van der Waals surface area contributed by atoms with Crippen molar-refractivity contribution in [1.29, 1.82) is 0 Å². The quantitative estimate of drug-likeness (QED) is 0.685. The van der Waals surface area contributed by atoms with Gasteiger partial charge in [-0.2, -0.15) is 0 Å². The smallest absolute Gasteiger partial charge is 0.142 e. The molecule has 2 aromatic heterocycles. The Kier molecular flexibility index (Phi) is 5.26. The molecular formula is C18H19N5O2. The molecule has 0 atom stereocenters. The Morgan fingerprint density at radius 1 is 0.920 bits per heavy atom. The summed E-state index contributed by atoms with van der Waals surface area (Å²) in [6.45, 7) is 0.583. The van der Waals surface area contributed by atoms with Crippen molar-refractivity contribution in [3.63, 3.8) is 0 Å². The van der Waals surface area contributed by atoms with E-state index in [1.165, 1.54) is 6.33 Å². The van der Waals surface area contributed by atoms with Gasteiger partial charge in [-0.25, -0.2) is 9.97 Å². The Morgan fingerprint density at radius 2 is 1.80 bits per heavy atom. The molecule has 0 radical (unpaired) electrons. The molecule has 0 saturated heterocycles. The van der Waals surface area contributed by atoms with E-state index in [0.717, 1.165) is 17.1 Å². The van der Waals surface area contributed by atoms with Crippen LogP contribution < -0.4 is 20.1 Å². The topological polar surface area (TPSA) is 81.2 Å². The fourth-order valence-electron chi connectivity index (χ4n) is 2.26. The van der Waals surface area contributed by atoms with Gasteiger partial charge >= 0.3 is 0 Å². The fourth-order valence-corrected chi connectivity index (χ4v) is 2.26. The average Bonchev–Trinajstić information content (AvgIpc) is 2.67. The predicted molar refractivity (Wildman–Crippen MR) is 96.4 cm³/mol.